The Bertz CT molecular complexity index is 420. The Morgan fingerprint density at radius 1 is 1.28 bits per heavy atom. The van der Waals surface area contributed by atoms with Crippen molar-refractivity contribution in [2.75, 3.05) is 13.1 Å². The van der Waals surface area contributed by atoms with Gasteiger partial charge in [0, 0.05) is 11.6 Å². The van der Waals surface area contributed by atoms with Crippen molar-refractivity contribution in [2.24, 2.45) is 0 Å². The van der Waals surface area contributed by atoms with E-state index in [9.17, 15) is 4.79 Å². The van der Waals surface area contributed by atoms with Gasteiger partial charge >= 0.3 is 0 Å². The maximum absolute atomic E-state index is 12.2. The summed E-state index contributed by atoms with van der Waals surface area (Å²) in [5, 5.41) is 0.900. The summed E-state index contributed by atoms with van der Waals surface area (Å²) in [6, 6.07) is 5.43. The molecule has 0 aliphatic carbocycles. The zero-order valence-corrected chi connectivity index (χ0v) is 12.6. The fourth-order valence-electron chi connectivity index (χ4n) is 1.78. The van der Waals surface area contributed by atoms with Crippen LogP contribution in [0.25, 0.3) is 0 Å². The maximum atomic E-state index is 12.2. The van der Waals surface area contributed by atoms with Gasteiger partial charge in [0.05, 0.1) is 16.6 Å². The molecule has 0 radical (unpaired) electrons. The zero-order chi connectivity index (χ0) is 13.7. The van der Waals surface area contributed by atoms with Crippen molar-refractivity contribution < 1.29 is 4.79 Å². The van der Waals surface area contributed by atoms with Crippen LogP contribution >= 0.6 is 23.2 Å². The van der Waals surface area contributed by atoms with Crippen molar-refractivity contribution in [3.63, 3.8) is 0 Å². The van der Waals surface area contributed by atoms with Gasteiger partial charge in [-0.1, -0.05) is 37.0 Å². The number of hydrogen-bond acceptors (Lipinski definition) is 2. The molecule has 0 aromatic heterocycles. The Hall–Kier alpha value is -0.570. The second-order valence-corrected chi connectivity index (χ2v) is 5.19. The van der Waals surface area contributed by atoms with Gasteiger partial charge in [0.25, 0.3) is 0 Å². The Balaban J connectivity index is 2.77. The minimum atomic E-state index is 0.0794. The van der Waals surface area contributed by atoms with E-state index in [1.54, 1.807) is 18.2 Å². The molecule has 0 fully saturated rings. The molecule has 1 aromatic carbocycles. The van der Waals surface area contributed by atoms with E-state index in [1.165, 1.54) is 0 Å². The van der Waals surface area contributed by atoms with E-state index in [2.05, 4.69) is 25.7 Å². The van der Waals surface area contributed by atoms with E-state index >= 15 is 0 Å². The summed E-state index contributed by atoms with van der Waals surface area (Å²) in [4.78, 5) is 14.3. The lowest BCUT2D eigenvalue weighted by molar-refractivity contribution is 0.0902. The number of likely N-dealkylation sites (N-methyl/N-ethyl adjacent to an activating group) is 1. The van der Waals surface area contributed by atoms with E-state index in [4.69, 9.17) is 23.2 Å². The number of ketones is 1. The largest absolute Gasteiger partial charge is 0.293 e. The topological polar surface area (TPSA) is 20.3 Å². The molecule has 0 N–H and O–H groups in total. The van der Waals surface area contributed by atoms with Gasteiger partial charge in [0.2, 0.25) is 0 Å². The summed E-state index contributed by atoms with van der Waals surface area (Å²) in [5.74, 6) is 0.0794. The van der Waals surface area contributed by atoms with Crippen LogP contribution in [0.3, 0.4) is 0 Å². The van der Waals surface area contributed by atoms with Crippen LogP contribution in [0.4, 0.5) is 0 Å². The number of carbonyl (C=O) groups excluding carboxylic acids is 1. The van der Waals surface area contributed by atoms with Crippen LogP contribution in [-0.2, 0) is 0 Å². The zero-order valence-electron chi connectivity index (χ0n) is 11.0. The Kier molecular flexibility index (Phi) is 6.13. The Morgan fingerprint density at radius 2 is 1.94 bits per heavy atom. The molecule has 4 heteroatoms. The third-order valence-electron chi connectivity index (χ3n) is 3.21. The average Bonchev–Trinajstić information content (AvgIpc) is 2.37. The first-order chi connectivity index (χ1) is 8.49. The van der Waals surface area contributed by atoms with Crippen LogP contribution in [-0.4, -0.2) is 29.8 Å². The molecule has 0 aliphatic rings. The smallest absolute Gasteiger partial charge is 0.176 e. The van der Waals surface area contributed by atoms with Crippen LogP contribution in [0.15, 0.2) is 18.2 Å². The van der Waals surface area contributed by atoms with Gasteiger partial charge < -0.3 is 0 Å². The molecule has 0 heterocycles. The van der Waals surface area contributed by atoms with Crippen LogP contribution in [0.2, 0.25) is 10.0 Å². The summed E-state index contributed by atoms with van der Waals surface area (Å²) in [7, 11) is 0. The van der Waals surface area contributed by atoms with Crippen molar-refractivity contribution in [1.29, 1.82) is 0 Å². The highest BCUT2D eigenvalue weighted by molar-refractivity contribution is 6.42. The molecule has 0 aliphatic heterocycles. The van der Waals surface area contributed by atoms with Gasteiger partial charge in [-0.25, -0.2) is 0 Å². The molecule has 0 saturated heterocycles. The first-order valence-corrected chi connectivity index (χ1v) is 6.97. The molecular formula is C14H19Cl2NO. The molecule has 1 atom stereocenters. The van der Waals surface area contributed by atoms with Gasteiger partial charge in [-0.05, 0) is 38.1 Å². The second-order valence-electron chi connectivity index (χ2n) is 4.37. The van der Waals surface area contributed by atoms with Crippen molar-refractivity contribution in [3.05, 3.63) is 33.8 Å². The fourth-order valence-corrected chi connectivity index (χ4v) is 2.08. The quantitative estimate of drug-likeness (QED) is 0.727. The lowest BCUT2D eigenvalue weighted by Gasteiger charge is -2.26. The van der Waals surface area contributed by atoms with Crippen LogP contribution in [0, 0.1) is 0 Å². The molecule has 1 aromatic rings. The number of benzene rings is 1. The highest BCUT2D eigenvalue weighted by Gasteiger charge is 2.16. The summed E-state index contributed by atoms with van der Waals surface area (Å²) in [6.45, 7) is 7.60. The monoisotopic (exact) mass is 287 g/mol. The standard InChI is InChI=1S/C14H19Cl2NO/c1-4-10(3)17(5-2)9-14(18)11-6-7-12(15)13(16)8-11/h6-8,10H,4-5,9H2,1-3H3. The predicted octanol–water partition coefficient (Wildman–Crippen LogP) is 4.30. The molecule has 0 bridgehead atoms. The van der Waals surface area contributed by atoms with Gasteiger partial charge in [-0.2, -0.15) is 0 Å². The Labute approximate surface area is 119 Å². The minimum Gasteiger partial charge on any atom is -0.293 e. The molecular weight excluding hydrogens is 269 g/mol. The number of nitrogens with zero attached hydrogens (tertiary/aromatic N) is 1. The normalized spacial score (nSPS) is 12.8. The molecule has 2 nitrogen and oxygen atoms in total. The number of rotatable bonds is 6. The molecule has 1 unspecified atom stereocenters. The molecule has 0 saturated carbocycles. The van der Waals surface area contributed by atoms with Gasteiger partial charge in [-0.3, -0.25) is 9.69 Å². The molecule has 1 rings (SSSR count). The summed E-state index contributed by atoms with van der Waals surface area (Å²) < 4.78 is 0. The average molecular weight is 288 g/mol. The van der Waals surface area contributed by atoms with Crippen LogP contribution < -0.4 is 0 Å². The van der Waals surface area contributed by atoms with Gasteiger partial charge in [0.1, 0.15) is 0 Å². The van der Waals surface area contributed by atoms with E-state index < -0.39 is 0 Å². The number of carbonyl (C=O) groups is 1. The third-order valence-corrected chi connectivity index (χ3v) is 3.95. The first kappa shape index (κ1) is 15.5. The molecule has 100 valence electrons. The predicted molar refractivity (Wildman–Crippen MR) is 77.8 cm³/mol. The van der Waals surface area contributed by atoms with Crippen molar-refractivity contribution in [2.45, 2.75) is 33.2 Å². The Morgan fingerprint density at radius 3 is 2.44 bits per heavy atom. The summed E-state index contributed by atoms with van der Waals surface area (Å²) >= 11 is 11.8. The fraction of sp³-hybridized carbons (Fsp3) is 0.500. The van der Waals surface area contributed by atoms with Crippen LogP contribution in [0.5, 0.6) is 0 Å². The number of halogens is 2. The van der Waals surface area contributed by atoms with Gasteiger partial charge in [-0.15, -0.1) is 0 Å². The van der Waals surface area contributed by atoms with E-state index in [0.717, 1.165) is 13.0 Å². The molecule has 0 amide bonds. The SMILES string of the molecule is CCC(C)N(CC)CC(=O)c1ccc(Cl)c(Cl)c1. The van der Waals surface area contributed by atoms with E-state index in [1.807, 2.05) is 0 Å². The van der Waals surface area contributed by atoms with Crippen molar-refractivity contribution in [3.8, 4) is 0 Å². The maximum Gasteiger partial charge on any atom is 0.176 e. The highest BCUT2D eigenvalue weighted by atomic mass is 35.5. The van der Waals surface area contributed by atoms with Crippen molar-refractivity contribution in [1.82, 2.24) is 4.90 Å². The molecule has 0 spiro atoms. The summed E-state index contributed by atoms with van der Waals surface area (Å²) in [5.41, 5.74) is 0.617. The summed E-state index contributed by atoms with van der Waals surface area (Å²) in [6.07, 6.45) is 1.03. The minimum absolute atomic E-state index is 0.0794. The lowest BCUT2D eigenvalue weighted by atomic mass is 10.1. The third kappa shape index (κ3) is 3.98. The molecule has 18 heavy (non-hydrogen) atoms. The van der Waals surface area contributed by atoms with Gasteiger partial charge in [0.15, 0.2) is 5.78 Å². The van der Waals surface area contributed by atoms with E-state index in [-0.39, 0.29) is 5.78 Å². The lowest BCUT2D eigenvalue weighted by Crippen LogP contribution is -2.36. The second kappa shape index (κ2) is 7.13. The first-order valence-electron chi connectivity index (χ1n) is 6.21. The highest BCUT2D eigenvalue weighted by Crippen LogP contribution is 2.23. The van der Waals surface area contributed by atoms with E-state index in [0.29, 0.717) is 28.2 Å². The number of hydrogen-bond donors (Lipinski definition) is 0. The van der Waals surface area contributed by atoms with Crippen LogP contribution in [0.1, 0.15) is 37.6 Å². The van der Waals surface area contributed by atoms with Crippen molar-refractivity contribution >= 4 is 29.0 Å². The number of Topliss-reactive ketones (excluding diaryl/α,β-unsaturated/α-hetero) is 1.